The first kappa shape index (κ1) is 35.5. The SMILES string of the molecule is CC(C)N1CCN(c2c(F)cccc2[C@H]2S[C@@H](CC(=O)N3CCC(N4CCc5ccccc5NC4=O)CC3)C(=O)N2CCC(C)(C)C)CC1.[HH].[HH].[HH]. The Bertz CT molecular complexity index is 1530. The smallest absolute Gasteiger partial charge is 0.322 e. The van der Waals surface area contributed by atoms with Crippen molar-refractivity contribution in [2.45, 2.75) is 89.4 Å². The lowest BCUT2D eigenvalue weighted by molar-refractivity contribution is -0.137. The number of piperazine rings is 1. The summed E-state index contributed by atoms with van der Waals surface area (Å²) in [7, 11) is 0. The Morgan fingerprint density at radius 3 is 2.39 bits per heavy atom. The van der Waals surface area contributed by atoms with Crippen LogP contribution in [0.4, 0.5) is 20.6 Å². The van der Waals surface area contributed by atoms with E-state index < -0.39 is 5.25 Å². The number of piperidine rings is 1. The zero-order chi connectivity index (χ0) is 34.9. The number of amides is 4. The van der Waals surface area contributed by atoms with Gasteiger partial charge in [-0.1, -0.05) is 51.1 Å². The number of rotatable bonds is 8. The molecule has 0 radical (unpaired) electrons. The normalized spacial score (nSPS) is 22.8. The second-order valence-corrected chi connectivity index (χ2v) is 16.7. The molecule has 3 saturated heterocycles. The first-order valence-corrected chi connectivity index (χ1v) is 19.0. The summed E-state index contributed by atoms with van der Waals surface area (Å²) < 4.78 is 15.7. The van der Waals surface area contributed by atoms with Gasteiger partial charge in [-0.05, 0) is 62.6 Å². The Morgan fingerprint density at radius 1 is 0.980 bits per heavy atom. The van der Waals surface area contributed by atoms with Crippen LogP contribution < -0.4 is 10.2 Å². The van der Waals surface area contributed by atoms with Gasteiger partial charge in [0.25, 0.3) is 0 Å². The fourth-order valence-electron chi connectivity index (χ4n) is 7.63. The molecule has 3 fully saturated rings. The van der Waals surface area contributed by atoms with Crippen LogP contribution in [0.3, 0.4) is 0 Å². The summed E-state index contributed by atoms with van der Waals surface area (Å²) in [5.74, 6) is -0.329. The van der Waals surface area contributed by atoms with Gasteiger partial charge in [0.2, 0.25) is 11.8 Å². The zero-order valence-electron chi connectivity index (χ0n) is 29.8. The number of hydrogen-bond donors (Lipinski definition) is 1. The van der Waals surface area contributed by atoms with Gasteiger partial charge in [0, 0.05) is 86.4 Å². The molecule has 0 unspecified atom stereocenters. The lowest BCUT2D eigenvalue weighted by Crippen LogP contribution is -2.50. The average molecular weight is 699 g/mol. The highest BCUT2D eigenvalue weighted by Gasteiger charge is 2.44. The van der Waals surface area contributed by atoms with Crippen molar-refractivity contribution in [2.75, 3.05) is 62.6 Å². The number of carbonyl (C=O) groups excluding carboxylic acids is 3. The van der Waals surface area contributed by atoms with Crippen LogP contribution in [0.1, 0.15) is 81.1 Å². The summed E-state index contributed by atoms with van der Waals surface area (Å²) in [5, 5.41) is 2.17. The molecule has 0 aromatic heterocycles. The van der Waals surface area contributed by atoms with Crippen LogP contribution in [0.2, 0.25) is 0 Å². The van der Waals surface area contributed by atoms with Crippen molar-refractivity contribution < 1.29 is 23.1 Å². The van der Waals surface area contributed by atoms with E-state index in [1.807, 2.05) is 39.0 Å². The fourth-order valence-corrected chi connectivity index (χ4v) is 9.12. The number of nitrogens with zero attached hydrogens (tertiary/aromatic N) is 5. The molecule has 49 heavy (non-hydrogen) atoms. The number of benzene rings is 2. The lowest BCUT2D eigenvalue weighted by atomic mass is 9.92. The summed E-state index contributed by atoms with van der Waals surface area (Å²) in [6.45, 7) is 16.4. The highest BCUT2D eigenvalue weighted by molar-refractivity contribution is 8.01. The molecule has 2 aromatic carbocycles. The maximum Gasteiger partial charge on any atom is 0.322 e. The van der Waals surface area contributed by atoms with Crippen molar-refractivity contribution in [1.29, 1.82) is 0 Å². The minimum absolute atomic E-state index is 0. The van der Waals surface area contributed by atoms with E-state index in [4.69, 9.17) is 0 Å². The fraction of sp³-hybridized carbons (Fsp3) is 0.605. The Labute approximate surface area is 300 Å². The van der Waals surface area contributed by atoms with Crippen LogP contribution in [0.5, 0.6) is 0 Å². The monoisotopic (exact) mass is 698 g/mol. The molecule has 2 aromatic rings. The standard InChI is InChI=1S/C38H53FN6O3S.3H2/c1-26(2)41-21-23-43(24-22-41)34-29(10-8-11-30(34)39)36-45(20-16-38(3,4)5)35(47)32(49-36)25-33(46)42-17-14-28(15-18-42)44-19-13-27-9-6-7-12-31(27)40-37(44)48;;;/h6-12,26,28,32,36H,13-25H2,1-5H3,(H,40,48);3*1H/t32-,36+;;;/m0.../s1. The van der Waals surface area contributed by atoms with Crippen molar-refractivity contribution in [3.63, 3.8) is 0 Å². The van der Waals surface area contributed by atoms with E-state index in [0.29, 0.717) is 50.7 Å². The predicted molar refractivity (Wildman–Crippen MR) is 202 cm³/mol. The number of urea groups is 1. The van der Waals surface area contributed by atoms with Crippen LogP contribution in [-0.2, 0) is 16.0 Å². The minimum atomic E-state index is -0.529. The van der Waals surface area contributed by atoms with E-state index in [9.17, 15) is 14.4 Å². The molecule has 4 amide bonds. The number of halogens is 1. The topological polar surface area (TPSA) is 79.4 Å². The van der Waals surface area contributed by atoms with Crippen molar-refractivity contribution in [3.8, 4) is 0 Å². The number of anilines is 2. The quantitative estimate of drug-likeness (QED) is 0.322. The Morgan fingerprint density at radius 2 is 1.69 bits per heavy atom. The van der Waals surface area contributed by atoms with E-state index in [2.05, 4.69) is 55.8 Å². The number of thioether (sulfide) groups is 1. The first-order chi connectivity index (χ1) is 23.4. The van der Waals surface area contributed by atoms with E-state index in [1.54, 1.807) is 6.07 Å². The van der Waals surface area contributed by atoms with Crippen molar-refractivity contribution in [1.82, 2.24) is 19.6 Å². The molecule has 4 aliphatic rings. The Kier molecular flexibility index (Phi) is 10.8. The zero-order valence-corrected chi connectivity index (χ0v) is 30.6. The van der Waals surface area contributed by atoms with Crippen LogP contribution in [-0.4, -0.2) is 107 Å². The molecule has 4 heterocycles. The highest BCUT2D eigenvalue weighted by Crippen LogP contribution is 2.48. The third-order valence-corrected chi connectivity index (χ3v) is 12.1. The van der Waals surface area contributed by atoms with Gasteiger partial charge in [-0.2, -0.15) is 0 Å². The molecule has 0 saturated carbocycles. The Hall–Kier alpha value is -3.31. The third kappa shape index (κ3) is 8.03. The number of para-hydroxylation sites is 2. The number of carbonyl (C=O) groups is 3. The molecule has 6 rings (SSSR count). The van der Waals surface area contributed by atoms with E-state index in [-0.39, 0.29) is 51.2 Å². The van der Waals surface area contributed by atoms with Gasteiger partial charge in [0.05, 0.1) is 10.9 Å². The van der Waals surface area contributed by atoms with Gasteiger partial charge >= 0.3 is 6.03 Å². The summed E-state index contributed by atoms with van der Waals surface area (Å²) >= 11 is 1.50. The number of nitrogens with one attached hydrogen (secondary N) is 1. The molecule has 9 nitrogen and oxygen atoms in total. The molecule has 11 heteroatoms. The highest BCUT2D eigenvalue weighted by atomic mass is 32.2. The van der Waals surface area contributed by atoms with E-state index in [1.165, 1.54) is 17.8 Å². The number of fused-ring (bicyclic) bond motifs is 1. The van der Waals surface area contributed by atoms with Crippen LogP contribution in [0, 0.1) is 11.2 Å². The summed E-state index contributed by atoms with van der Waals surface area (Å²) in [5.41, 5.74) is 3.43. The summed E-state index contributed by atoms with van der Waals surface area (Å²) in [6, 6.07) is 13.6. The molecule has 2 atom stereocenters. The summed E-state index contributed by atoms with van der Waals surface area (Å²) in [6.07, 6.45) is 3.13. The maximum atomic E-state index is 15.7. The van der Waals surface area contributed by atoms with Gasteiger partial charge in [0.15, 0.2) is 0 Å². The molecule has 0 aliphatic carbocycles. The van der Waals surface area contributed by atoms with Crippen molar-refractivity contribution in [3.05, 3.63) is 59.4 Å². The first-order valence-electron chi connectivity index (χ1n) is 18.1. The molecule has 0 bridgehead atoms. The third-order valence-electron chi connectivity index (χ3n) is 10.6. The molecule has 1 N–H and O–H groups in total. The van der Waals surface area contributed by atoms with Crippen molar-refractivity contribution in [2.24, 2.45) is 5.41 Å². The number of likely N-dealkylation sites (tertiary alicyclic amines) is 1. The second kappa shape index (κ2) is 14.9. The average Bonchev–Trinajstić information content (AvgIpc) is 3.27. The molecular weight excluding hydrogens is 640 g/mol. The molecule has 272 valence electrons. The predicted octanol–water partition coefficient (Wildman–Crippen LogP) is 6.94. The minimum Gasteiger partial charge on any atom is -0.366 e. The lowest BCUT2D eigenvalue weighted by Gasteiger charge is -2.40. The van der Waals surface area contributed by atoms with E-state index in [0.717, 1.165) is 55.8 Å². The van der Waals surface area contributed by atoms with Crippen molar-refractivity contribution >= 4 is 41.0 Å². The van der Waals surface area contributed by atoms with Gasteiger partial charge in [0.1, 0.15) is 11.2 Å². The molecular formula is C38H59FN6O3S. The van der Waals surface area contributed by atoms with Gasteiger partial charge in [-0.25, -0.2) is 9.18 Å². The summed E-state index contributed by atoms with van der Waals surface area (Å²) in [4.78, 5) is 51.2. The van der Waals surface area contributed by atoms with Crippen LogP contribution in [0.25, 0.3) is 0 Å². The van der Waals surface area contributed by atoms with Crippen LogP contribution >= 0.6 is 11.8 Å². The largest absolute Gasteiger partial charge is 0.366 e. The maximum absolute atomic E-state index is 15.7. The molecule has 0 spiro atoms. The van der Waals surface area contributed by atoms with Crippen LogP contribution in [0.15, 0.2) is 42.5 Å². The number of hydrogen-bond acceptors (Lipinski definition) is 6. The van der Waals surface area contributed by atoms with Gasteiger partial charge < -0.3 is 24.9 Å². The second-order valence-electron chi connectivity index (χ2n) is 15.5. The van der Waals surface area contributed by atoms with E-state index >= 15 is 4.39 Å². The van der Waals surface area contributed by atoms with Gasteiger partial charge in [-0.3, -0.25) is 14.5 Å². The Balaban J connectivity index is 0.00000243. The molecule has 4 aliphatic heterocycles. The van der Waals surface area contributed by atoms with Gasteiger partial charge in [-0.15, -0.1) is 11.8 Å².